The van der Waals surface area contributed by atoms with Crippen LogP contribution in [0.5, 0.6) is 5.75 Å². The zero-order chi connectivity index (χ0) is 13.4. The van der Waals surface area contributed by atoms with Gasteiger partial charge in [-0.15, -0.1) is 0 Å². The van der Waals surface area contributed by atoms with Crippen LogP contribution in [0.1, 0.15) is 46.5 Å². The van der Waals surface area contributed by atoms with Gasteiger partial charge in [-0.25, -0.2) is 0 Å². The first kappa shape index (κ1) is 15.1. The van der Waals surface area contributed by atoms with Gasteiger partial charge in [0.2, 0.25) is 0 Å². The first-order chi connectivity index (χ1) is 8.74. The van der Waals surface area contributed by atoms with Crippen molar-refractivity contribution in [3.63, 3.8) is 0 Å². The van der Waals surface area contributed by atoms with Crippen LogP contribution in [0.4, 0.5) is 10.8 Å². The topological polar surface area (TPSA) is 51.4 Å². The summed E-state index contributed by atoms with van der Waals surface area (Å²) in [4.78, 5) is 2.37. The van der Waals surface area contributed by atoms with E-state index in [4.69, 9.17) is 10.5 Å². The fourth-order valence-corrected chi connectivity index (χ4v) is 2.59. The maximum absolute atomic E-state index is 5.87. The van der Waals surface area contributed by atoms with Crippen LogP contribution in [0.2, 0.25) is 0 Å². The molecule has 0 radical (unpaired) electrons. The number of unbranched alkanes of at least 4 members (excludes halogenated alkanes) is 2. The standard InChI is InChI=1S/C13H25N3OS/c1-4-7-9-16(10-8-5-2)13-11(17-6-3)12(14)15-18-13/h4-10H2,1-3H3,(H2,14,15). The summed E-state index contributed by atoms with van der Waals surface area (Å²) in [6.07, 6.45) is 4.77. The molecular formula is C13H25N3OS. The molecule has 0 bridgehead atoms. The van der Waals surface area contributed by atoms with E-state index in [0.29, 0.717) is 12.4 Å². The average molecular weight is 271 g/mol. The number of rotatable bonds is 9. The van der Waals surface area contributed by atoms with Crippen LogP contribution in [0, 0.1) is 0 Å². The Labute approximate surface area is 114 Å². The van der Waals surface area contributed by atoms with Crippen molar-refractivity contribution in [2.24, 2.45) is 0 Å². The fraction of sp³-hybridized carbons (Fsp3) is 0.769. The molecule has 18 heavy (non-hydrogen) atoms. The van der Waals surface area contributed by atoms with Gasteiger partial charge in [-0.2, -0.15) is 4.37 Å². The molecule has 0 fully saturated rings. The molecule has 1 heterocycles. The highest BCUT2D eigenvalue weighted by molar-refractivity contribution is 7.11. The molecule has 0 aliphatic heterocycles. The van der Waals surface area contributed by atoms with Crippen LogP contribution >= 0.6 is 11.5 Å². The van der Waals surface area contributed by atoms with Crippen LogP contribution in [-0.2, 0) is 0 Å². The number of anilines is 2. The maximum Gasteiger partial charge on any atom is 0.197 e. The molecule has 0 atom stereocenters. The molecule has 1 rings (SSSR count). The predicted octanol–water partition coefficient (Wildman–Crippen LogP) is 3.53. The van der Waals surface area contributed by atoms with Gasteiger partial charge in [-0.1, -0.05) is 26.7 Å². The number of ether oxygens (including phenoxy) is 1. The van der Waals surface area contributed by atoms with Crippen molar-refractivity contribution in [2.75, 3.05) is 30.3 Å². The lowest BCUT2D eigenvalue weighted by molar-refractivity contribution is 0.343. The van der Waals surface area contributed by atoms with Crippen LogP contribution in [0.15, 0.2) is 0 Å². The summed E-state index contributed by atoms with van der Waals surface area (Å²) in [7, 11) is 0. The van der Waals surface area contributed by atoms with Gasteiger partial charge < -0.3 is 15.4 Å². The van der Waals surface area contributed by atoms with Crippen LogP contribution in [0.25, 0.3) is 0 Å². The van der Waals surface area contributed by atoms with Crippen LogP contribution in [-0.4, -0.2) is 24.1 Å². The highest BCUT2D eigenvalue weighted by Crippen LogP contribution is 2.38. The van der Waals surface area contributed by atoms with E-state index >= 15 is 0 Å². The van der Waals surface area contributed by atoms with E-state index in [2.05, 4.69) is 23.1 Å². The van der Waals surface area contributed by atoms with Gasteiger partial charge in [0.1, 0.15) is 0 Å². The van der Waals surface area contributed by atoms with Gasteiger partial charge in [-0.3, -0.25) is 0 Å². The van der Waals surface area contributed by atoms with Gasteiger partial charge in [0, 0.05) is 13.1 Å². The van der Waals surface area contributed by atoms with Crippen molar-refractivity contribution in [3.8, 4) is 5.75 Å². The molecule has 5 heteroatoms. The predicted molar refractivity (Wildman–Crippen MR) is 79.7 cm³/mol. The van der Waals surface area contributed by atoms with Crippen molar-refractivity contribution in [1.29, 1.82) is 0 Å². The maximum atomic E-state index is 5.87. The fourth-order valence-electron chi connectivity index (χ4n) is 1.78. The highest BCUT2D eigenvalue weighted by atomic mass is 32.1. The second-order valence-electron chi connectivity index (χ2n) is 4.33. The van der Waals surface area contributed by atoms with Crippen LogP contribution in [0.3, 0.4) is 0 Å². The number of nitrogens with zero attached hydrogens (tertiary/aromatic N) is 2. The SMILES string of the molecule is CCCCN(CCCC)c1snc(N)c1OCC. The van der Waals surface area contributed by atoms with E-state index in [-0.39, 0.29) is 0 Å². The minimum absolute atomic E-state index is 0.523. The number of nitrogen functional groups attached to an aromatic ring is 1. The number of hydrogen-bond acceptors (Lipinski definition) is 5. The lowest BCUT2D eigenvalue weighted by Crippen LogP contribution is -2.25. The van der Waals surface area contributed by atoms with Gasteiger partial charge in [-0.05, 0) is 31.3 Å². The summed E-state index contributed by atoms with van der Waals surface area (Å²) in [5, 5.41) is 1.09. The van der Waals surface area contributed by atoms with Crippen molar-refractivity contribution in [3.05, 3.63) is 0 Å². The van der Waals surface area contributed by atoms with Gasteiger partial charge >= 0.3 is 0 Å². The van der Waals surface area contributed by atoms with E-state index in [0.717, 1.165) is 23.8 Å². The molecule has 4 nitrogen and oxygen atoms in total. The second kappa shape index (κ2) is 8.19. The van der Waals surface area contributed by atoms with Crippen molar-refractivity contribution < 1.29 is 4.74 Å². The minimum Gasteiger partial charge on any atom is -0.487 e. The molecule has 0 aliphatic rings. The Morgan fingerprint density at radius 1 is 1.17 bits per heavy atom. The van der Waals surface area contributed by atoms with Gasteiger partial charge in [0.05, 0.1) is 6.61 Å². The van der Waals surface area contributed by atoms with Crippen molar-refractivity contribution in [1.82, 2.24) is 4.37 Å². The summed E-state index contributed by atoms with van der Waals surface area (Å²) < 4.78 is 9.85. The molecule has 0 spiro atoms. The van der Waals surface area contributed by atoms with Crippen molar-refractivity contribution >= 4 is 22.4 Å². The minimum atomic E-state index is 0.523. The Balaban J connectivity index is 2.81. The summed E-state index contributed by atoms with van der Waals surface area (Å²) in [5.74, 6) is 1.30. The summed E-state index contributed by atoms with van der Waals surface area (Å²) in [6.45, 7) is 9.13. The van der Waals surface area contributed by atoms with Crippen molar-refractivity contribution in [2.45, 2.75) is 46.5 Å². The molecule has 1 aromatic rings. The molecule has 0 amide bonds. The number of aromatic nitrogens is 1. The normalized spacial score (nSPS) is 10.6. The van der Waals surface area contributed by atoms with E-state index in [1.165, 1.54) is 37.2 Å². The molecule has 104 valence electrons. The smallest absolute Gasteiger partial charge is 0.197 e. The molecule has 2 N–H and O–H groups in total. The Bertz CT molecular complexity index is 333. The third-order valence-electron chi connectivity index (χ3n) is 2.80. The van der Waals surface area contributed by atoms with E-state index in [9.17, 15) is 0 Å². The second-order valence-corrected chi connectivity index (χ2v) is 5.08. The quantitative estimate of drug-likeness (QED) is 0.746. The monoisotopic (exact) mass is 271 g/mol. The van der Waals surface area contributed by atoms with Gasteiger partial charge in [0.25, 0.3) is 0 Å². The summed E-state index contributed by atoms with van der Waals surface area (Å²) >= 11 is 1.45. The highest BCUT2D eigenvalue weighted by Gasteiger charge is 2.18. The Kier molecular flexibility index (Phi) is 6.86. The number of hydrogen-bond donors (Lipinski definition) is 1. The zero-order valence-electron chi connectivity index (χ0n) is 11.7. The summed E-state index contributed by atoms with van der Waals surface area (Å²) in [5.41, 5.74) is 5.87. The molecular weight excluding hydrogens is 246 g/mol. The third kappa shape index (κ3) is 4.05. The largest absolute Gasteiger partial charge is 0.487 e. The lowest BCUT2D eigenvalue weighted by Gasteiger charge is -2.23. The van der Waals surface area contributed by atoms with E-state index < -0.39 is 0 Å². The Hall–Kier alpha value is -0.970. The molecule has 0 aliphatic carbocycles. The zero-order valence-corrected chi connectivity index (χ0v) is 12.6. The molecule has 0 unspecified atom stereocenters. The first-order valence-electron chi connectivity index (χ1n) is 6.87. The lowest BCUT2D eigenvalue weighted by atomic mass is 10.2. The molecule has 1 aromatic heterocycles. The van der Waals surface area contributed by atoms with E-state index in [1.54, 1.807) is 0 Å². The molecule has 0 aromatic carbocycles. The molecule has 0 saturated carbocycles. The summed E-state index contributed by atoms with van der Waals surface area (Å²) in [6, 6.07) is 0. The third-order valence-corrected chi connectivity index (χ3v) is 3.70. The molecule has 0 saturated heterocycles. The average Bonchev–Trinajstić information content (AvgIpc) is 2.72. The van der Waals surface area contributed by atoms with E-state index in [1.807, 2.05) is 6.92 Å². The Morgan fingerprint density at radius 3 is 2.28 bits per heavy atom. The van der Waals surface area contributed by atoms with Gasteiger partial charge in [0.15, 0.2) is 16.6 Å². The number of nitrogens with two attached hydrogens (primary N) is 1. The Morgan fingerprint density at radius 2 is 1.78 bits per heavy atom. The first-order valence-corrected chi connectivity index (χ1v) is 7.64. The van der Waals surface area contributed by atoms with Crippen LogP contribution < -0.4 is 15.4 Å².